The summed E-state index contributed by atoms with van der Waals surface area (Å²) in [4.78, 5) is 30.8. The van der Waals surface area contributed by atoms with E-state index in [0.29, 0.717) is 51.9 Å². The van der Waals surface area contributed by atoms with E-state index in [0.717, 1.165) is 0 Å². The zero-order valence-electron chi connectivity index (χ0n) is 18.0. The van der Waals surface area contributed by atoms with Crippen molar-refractivity contribution in [3.63, 3.8) is 0 Å². The largest absolute Gasteiger partial charge is 0.466 e. The van der Waals surface area contributed by atoms with Crippen LogP contribution in [0.5, 0.6) is 0 Å². The molecule has 1 aromatic heterocycles. The molecule has 1 unspecified atom stereocenters. The summed E-state index contributed by atoms with van der Waals surface area (Å²) in [5, 5.41) is 0.0274. The molecule has 0 saturated carbocycles. The molecule has 1 aromatic rings. The zero-order chi connectivity index (χ0) is 21.9. The highest BCUT2D eigenvalue weighted by Gasteiger charge is 2.37. The molecule has 30 heavy (non-hydrogen) atoms. The highest BCUT2D eigenvalue weighted by atomic mass is 32.2. The number of amides is 1. The van der Waals surface area contributed by atoms with Gasteiger partial charge in [-0.1, -0.05) is 0 Å². The van der Waals surface area contributed by atoms with Gasteiger partial charge in [-0.25, -0.2) is 13.4 Å². The Morgan fingerprint density at radius 2 is 1.87 bits per heavy atom. The van der Waals surface area contributed by atoms with Crippen molar-refractivity contribution in [3.8, 4) is 0 Å². The molecular formula is C20H32N4O5S. The number of carbonyl (C=O) groups excluding carboxylic acids is 2. The van der Waals surface area contributed by atoms with Gasteiger partial charge in [0.1, 0.15) is 0 Å². The number of esters is 1. The quantitative estimate of drug-likeness (QED) is 0.624. The third-order valence-corrected chi connectivity index (χ3v) is 7.69. The van der Waals surface area contributed by atoms with Crippen LogP contribution in [-0.2, 0) is 24.3 Å². The average Bonchev–Trinajstić information content (AvgIpc) is 3.25. The molecule has 2 aliphatic heterocycles. The van der Waals surface area contributed by atoms with Crippen molar-refractivity contribution in [2.24, 2.45) is 11.8 Å². The van der Waals surface area contributed by atoms with Crippen LogP contribution in [0.15, 0.2) is 17.6 Å². The lowest BCUT2D eigenvalue weighted by Gasteiger charge is -2.36. The van der Waals surface area contributed by atoms with Gasteiger partial charge in [0.2, 0.25) is 5.91 Å². The second-order valence-corrected chi connectivity index (χ2v) is 10.2. The number of imidazole rings is 1. The third-order valence-electron chi connectivity index (χ3n) is 5.94. The summed E-state index contributed by atoms with van der Waals surface area (Å²) in [5.74, 6) is -0.738. The monoisotopic (exact) mass is 440 g/mol. The molecule has 0 N–H and O–H groups in total. The highest BCUT2D eigenvalue weighted by molar-refractivity contribution is 7.89. The molecule has 0 spiro atoms. The van der Waals surface area contributed by atoms with Crippen molar-refractivity contribution in [2.45, 2.75) is 57.5 Å². The van der Waals surface area contributed by atoms with E-state index in [9.17, 15) is 18.0 Å². The molecule has 2 fully saturated rings. The maximum atomic E-state index is 13.0. The van der Waals surface area contributed by atoms with Crippen LogP contribution in [0.25, 0.3) is 0 Å². The van der Waals surface area contributed by atoms with Crippen LogP contribution < -0.4 is 0 Å². The van der Waals surface area contributed by atoms with E-state index in [1.807, 2.05) is 13.8 Å². The van der Waals surface area contributed by atoms with Gasteiger partial charge in [-0.3, -0.25) is 9.59 Å². The number of hydrogen-bond donors (Lipinski definition) is 0. The number of aromatic nitrogens is 2. The lowest BCUT2D eigenvalue weighted by atomic mass is 9.93. The SMILES string of the molecule is CCOC(=O)C1CCN(C(=O)C2CCCN(S(=O)(=O)c3cn(C(C)C)cn3)C2)CC1. The summed E-state index contributed by atoms with van der Waals surface area (Å²) < 4.78 is 34.3. The smallest absolute Gasteiger partial charge is 0.309 e. The number of likely N-dealkylation sites (tertiary alicyclic amines) is 1. The summed E-state index contributed by atoms with van der Waals surface area (Å²) in [6.45, 7) is 7.64. The maximum Gasteiger partial charge on any atom is 0.309 e. The fourth-order valence-corrected chi connectivity index (χ4v) is 5.53. The lowest BCUT2D eigenvalue weighted by molar-refractivity contribution is -0.152. The van der Waals surface area contributed by atoms with E-state index in [1.165, 1.54) is 10.6 Å². The fraction of sp³-hybridized carbons (Fsp3) is 0.750. The Hall–Kier alpha value is -1.94. The topological polar surface area (TPSA) is 102 Å². The maximum absolute atomic E-state index is 13.0. The molecular weight excluding hydrogens is 408 g/mol. The predicted octanol–water partition coefficient (Wildman–Crippen LogP) is 1.67. The van der Waals surface area contributed by atoms with E-state index in [2.05, 4.69) is 4.98 Å². The van der Waals surface area contributed by atoms with Gasteiger partial charge in [-0.05, 0) is 46.5 Å². The minimum absolute atomic E-state index is 0.0232. The van der Waals surface area contributed by atoms with Gasteiger partial charge in [0, 0.05) is 38.4 Å². The fourth-order valence-electron chi connectivity index (χ4n) is 4.08. The molecule has 9 nitrogen and oxygen atoms in total. The first-order chi connectivity index (χ1) is 14.2. The Labute approximate surface area is 178 Å². The Balaban J connectivity index is 1.61. The van der Waals surface area contributed by atoms with Gasteiger partial charge in [0.15, 0.2) is 5.03 Å². The molecule has 0 aromatic carbocycles. The van der Waals surface area contributed by atoms with Gasteiger partial charge in [-0.15, -0.1) is 0 Å². The standard InChI is InChI=1S/C20H32N4O5S/c1-4-29-20(26)16-7-10-22(11-8-16)19(25)17-6-5-9-24(12-17)30(27,28)18-13-23(14-21-18)15(2)3/h13-17H,4-12H2,1-3H3. The van der Waals surface area contributed by atoms with E-state index in [-0.39, 0.29) is 41.3 Å². The number of nitrogens with zero attached hydrogens (tertiary/aromatic N) is 4. The molecule has 0 aliphatic carbocycles. The summed E-state index contributed by atoms with van der Waals surface area (Å²) in [5.41, 5.74) is 0. The summed E-state index contributed by atoms with van der Waals surface area (Å²) in [6, 6.07) is 0.120. The molecule has 0 radical (unpaired) electrons. The summed E-state index contributed by atoms with van der Waals surface area (Å²) in [7, 11) is -3.73. The van der Waals surface area contributed by atoms with Crippen molar-refractivity contribution < 1.29 is 22.7 Å². The predicted molar refractivity (Wildman–Crippen MR) is 110 cm³/mol. The van der Waals surface area contributed by atoms with Crippen LogP contribution in [0.1, 0.15) is 52.5 Å². The first-order valence-corrected chi connectivity index (χ1v) is 12.2. The number of piperidine rings is 2. The first-order valence-electron chi connectivity index (χ1n) is 10.7. The van der Waals surface area contributed by atoms with Crippen LogP contribution in [0.3, 0.4) is 0 Å². The number of hydrogen-bond acceptors (Lipinski definition) is 6. The van der Waals surface area contributed by atoms with Crippen LogP contribution in [0, 0.1) is 11.8 Å². The number of carbonyl (C=O) groups is 2. The first kappa shape index (κ1) is 22.7. The lowest BCUT2D eigenvalue weighted by Crippen LogP contribution is -2.49. The third kappa shape index (κ3) is 4.85. The van der Waals surface area contributed by atoms with E-state index in [4.69, 9.17) is 4.74 Å². The summed E-state index contributed by atoms with van der Waals surface area (Å²) >= 11 is 0. The van der Waals surface area contributed by atoms with Crippen molar-refractivity contribution in [2.75, 3.05) is 32.8 Å². The molecule has 1 amide bonds. The van der Waals surface area contributed by atoms with Crippen molar-refractivity contribution in [3.05, 3.63) is 12.5 Å². The Morgan fingerprint density at radius 3 is 2.47 bits per heavy atom. The van der Waals surface area contributed by atoms with E-state index < -0.39 is 10.0 Å². The molecule has 168 valence electrons. The second kappa shape index (κ2) is 9.47. The summed E-state index contributed by atoms with van der Waals surface area (Å²) in [6.07, 6.45) is 5.56. The van der Waals surface area contributed by atoms with Gasteiger partial charge in [0.25, 0.3) is 10.0 Å². The number of rotatable bonds is 6. The van der Waals surface area contributed by atoms with Crippen LogP contribution in [0.2, 0.25) is 0 Å². The van der Waals surface area contributed by atoms with Crippen molar-refractivity contribution in [1.29, 1.82) is 0 Å². The minimum Gasteiger partial charge on any atom is -0.466 e. The molecule has 2 saturated heterocycles. The van der Waals surface area contributed by atoms with Gasteiger partial charge in [0.05, 0.1) is 24.8 Å². The van der Waals surface area contributed by atoms with E-state index >= 15 is 0 Å². The van der Waals surface area contributed by atoms with Gasteiger partial charge < -0.3 is 14.2 Å². The molecule has 10 heteroatoms. The van der Waals surface area contributed by atoms with Gasteiger partial charge >= 0.3 is 5.97 Å². The number of sulfonamides is 1. The van der Waals surface area contributed by atoms with Crippen LogP contribution in [-0.4, -0.2) is 71.8 Å². The molecule has 2 aliphatic rings. The average molecular weight is 441 g/mol. The van der Waals surface area contributed by atoms with Gasteiger partial charge in [-0.2, -0.15) is 4.31 Å². The van der Waals surface area contributed by atoms with Crippen molar-refractivity contribution in [1.82, 2.24) is 18.8 Å². The Morgan fingerprint density at radius 1 is 1.17 bits per heavy atom. The molecule has 3 heterocycles. The highest BCUT2D eigenvalue weighted by Crippen LogP contribution is 2.27. The van der Waals surface area contributed by atoms with Crippen molar-refractivity contribution >= 4 is 21.9 Å². The Bertz CT molecular complexity index is 858. The normalized spacial score (nSPS) is 21.7. The van der Waals surface area contributed by atoms with Crippen LogP contribution in [0.4, 0.5) is 0 Å². The van der Waals surface area contributed by atoms with Crippen LogP contribution >= 0.6 is 0 Å². The second-order valence-electron chi connectivity index (χ2n) is 8.31. The number of ether oxygens (including phenoxy) is 1. The molecule has 1 atom stereocenters. The minimum atomic E-state index is -3.73. The zero-order valence-corrected chi connectivity index (χ0v) is 18.8. The molecule has 0 bridgehead atoms. The van der Waals surface area contributed by atoms with E-state index in [1.54, 1.807) is 22.6 Å². The molecule has 3 rings (SSSR count). The Kier molecular flexibility index (Phi) is 7.18.